The summed E-state index contributed by atoms with van der Waals surface area (Å²) < 4.78 is 16.5. The van der Waals surface area contributed by atoms with Gasteiger partial charge in [0.1, 0.15) is 0 Å². The molecule has 5 aromatic rings. The number of anilines is 2. The zero-order chi connectivity index (χ0) is 28.9. The maximum absolute atomic E-state index is 13.8. The van der Waals surface area contributed by atoms with Gasteiger partial charge in [0.2, 0.25) is 5.75 Å². The lowest BCUT2D eigenvalue weighted by Crippen LogP contribution is -2.18. The van der Waals surface area contributed by atoms with Gasteiger partial charge in [-0.2, -0.15) is 0 Å². The summed E-state index contributed by atoms with van der Waals surface area (Å²) >= 11 is 5.96. The molecule has 0 fully saturated rings. The first kappa shape index (κ1) is 27.5. The normalized spacial score (nSPS) is 10.6. The van der Waals surface area contributed by atoms with Crippen LogP contribution < -0.4 is 24.8 Å². The number of benzene rings is 4. The van der Waals surface area contributed by atoms with E-state index in [0.717, 1.165) is 0 Å². The van der Waals surface area contributed by atoms with E-state index in [1.165, 1.54) is 21.3 Å². The number of rotatable bonds is 8. The zero-order valence-electron chi connectivity index (χ0n) is 22.5. The highest BCUT2D eigenvalue weighted by Crippen LogP contribution is 2.41. The highest BCUT2D eigenvalue weighted by molar-refractivity contribution is 6.30. The Bertz CT molecular complexity index is 1730. The zero-order valence-corrected chi connectivity index (χ0v) is 23.3. The topological polar surface area (TPSA) is 98.8 Å². The van der Waals surface area contributed by atoms with Crippen LogP contribution in [0.4, 0.5) is 11.4 Å². The molecule has 0 saturated carbocycles. The van der Waals surface area contributed by atoms with E-state index in [1.54, 1.807) is 66.7 Å². The van der Waals surface area contributed by atoms with E-state index < -0.39 is 5.91 Å². The van der Waals surface area contributed by atoms with Crippen LogP contribution in [0.3, 0.4) is 0 Å². The first-order valence-corrected chi connectivity index (χ1v) is 13.0. The standard InChI is InChI=1S/C32H26ClN3O5/c1-39-28-16-19(17-29(40-2)30(28)41-3)27-18-24(22-8-4-6-10-25(22)35-27)32(38)36-26-11-7-5-9-23(26)31(37)34-21-14-12-20(33)13-15-21/h4-18H,1-3H3,(H,34,37)(H,36,38). The molecule has 1 aromatic heterocycles. The van der Waals surface area contributed by atoms with Gasteiger partial charge in [-0.3, -0.25) is 9.59 Å². The van der Waals surface area contributed by atoms with E-state index in [-0.39, 0.29) is 5.91 Å². The van der Waals surface area contributed by atoms with Gasteiger partial charge in [-0.25, -0.2) is 4.98 Å². The predicted molar refractivity (Wildman–Crippen MR) is 161 cm³/mol. The summed E-state index contributed by atoms with van der Waals surface area (Å²) in [6.07, 6.45) is 0. The predicted octanol–water partition coefficient (Wildman–Crippen LogP) is 7.09. The second kappa shape index (κ2) is 12.0. The number of hydrogen-bond donors (Lipinski definition) is 2. The highest BCUT2D eigenvalue weighted by Gasteiger charge is 2.20. The molecule has 0 saturated heterocycles. The molecule has 0 bridgehead atoms. The molecule has 2 amide bonds. The molecule has 0 aliphatic heterocycles. The molecule has 4 aromatic carbocycles. The van der Waals surface area contributed by atoms with Crippen molar-refractivity contribution < 1.29 is 23.8 Å². The van der Waals surface area contributed by atoms with Crippen LogP contribution in [0.5, 0.6) is 17.2 Å². The summed E-state index contributed by atoms with van der Waals surface area (Å²) in [6, 6.07) is 26.2. The number of carbonyl (C=O) groups excluding carboxylic acids is 2. The molecule has 0 unspecified atom stereocenters. The minimum Gasteiger partial charge on any atom is -0.493 e. The van der Waals surface area contributed by atoms with Gasteiger partial charge in [0, 0.05) is 21.7 Å². The van der Waals surface area contributed by atoms with Crippen molar-refractivity contribution in [2.75, 3.05) is 32.0 Å². The van der Waals surface area contributed by atoms with Gasteiger partial charge in [-0.15, -0.1) is 0 Å². The van der Waals surface area contributed by atoms with Crippen LogP contribution in [0.2, 0.25) is 5.02 Å². The number of para-hydroxylation sites is 2. The molecule has 206 valence electrons. The SMILES string of the molecule is COc1cc(-c2cc(C(=O)Nc3ccccc3C(=O)Nc3ccc(Cl)cc3)c3ccccc3n2)cc(OC)c1OC. The van der Waals surface area contributed by atoms with Gasteiger partial charge in [-0.1, -0.05) is 41.9 Å². The molecule has 5 rings (SSSR count). The van der Waals surface area contributed by atoms with Crippen molar-refractivity contribution in [2.45, 2.75) is 0 Å². The molecule has 0 spiro atoms. The second-order valence-electron chi connectivity index (χ2n) is 8.95. The van der Waals surface area contributed by atoms with Crippen molar-refractivity contribution in [3.8, 4) is 28.5 Å². The lowest BCUT2D eigenvalue weighted by atomic mass is 10.0. The number of methoxy groups -OCH3 is 3. The molecular formula is C32H26ClN3O5. The van der Waals surface area contributed by atoms with E-state index in [4.69, 9.17) is 30.8 Å². The van der Waals surface area contributed by atoms with Crippen molar-refractivity contribution in [2.24, 2.45) is 0 Å². The molecule has 0 atom stereocenters. The summed E-state index contributed by atoms with van der Waals surface area (Å²) in [7, 11) is 4.60. The van der Waals surface area contributed by atoms with Gasteiger partial charge in [0.25, 0.3) is 11.8 Å². The lowest BCUT2D eigenvalue weighted by molar-refractivity contribution is 0.102. The van der Waals surface area contributed by atoms with Crippen LogP contribution in [0.25, 0.3) is 22.2 Å². The number of hydrogen-bond acceptors (Lipinski definition) is 6. The minimum absolute atomic E-state index is 0.305. The van der Waals surface area contributed by atoms with Gasteiger partial charge < -0.3 is 24.8 Å². The van der Waals surface area contributed by atoms with Crippen LogP contribution in [0.15, 0.2) is 91.0 Å². The largest absolute Gasteiger partial charge is 0.493 e. The molecule has 41 heavy (non-hydrogen) atoms. The molecule has 8 nitrogen and oxygen atoms in total. The Morgan fingerprint density at radius 2 is 1.34 bits per heavy atom. The average Bonchev–Trinajstić information content (AvgIpc) is 3.00. The van der Waals surface area contributed by atoms with Gasteiger partial charge in [0.05, 0.1) is 49.4 Å². The van der Waals surface area contributed by atoms with Crippen molar-refractivity contribution >= 4 is 45.7 Å². The van der Waals surface area contributed by atoms with Crippen LogP contribution in [0, 0.1) is 0 Å². The fraction of sp³-hybridized carbons (Fsp3) is 0.0938. The number of nitrogens with zero attached hydrogens (tertiary/aromatic N) is 1. The quantitative estimate of drug-likeness (QED) is 0.208. The average molecular weight is 568 g/mol. The number of pyridine rings is 1. The fourth-order valence-electron chi connectivity index (χ4n) is 4.45. The third kappa shape index (κ3) is 5.78. The molecule has 0 aliphatic carbocycles. The monoisotopic (exact) mass is 567 g/mol. The van der Waals surface area contributed by atoms with E-state index in [0.29, 0.717) is 66.9 Å². The first-order valence-electron chi connectivity index (χ1n) is 12.6. The summed E-state index contributed by atoms with van der Waals surface area (Å²) in [6.45, 7) is 0. The molecule has 2 N–H and O–H groups in total. The Hall–Kier alpha value is -5.08. The van der Waals surface area contributed by atoms with Crippen molar-refractivity contribution in [3.63, 3.8) is 0 Å². The van der Waals surface area contributed by atoms with Crippen LogP contribution >= 0.6 is 11.6 Å². The Labute approximate surface area is 241 Å². The molecular weight excluding hydrogens is 542 g/mol. The maximum Gasteiger partial charge on any atom is 0.257 e. The molecule has 0 aliphatic rings. The van der Waals surface area contributed by atoms with Gasteiger partial charge >= 0.3 is 0 Å². The van der Waals surface area contributed by atoms with E-state index in [1.807, 2.05) is 24.3 Å². The molecule has 9 heteroatoms. The smallest absolute Gasteiger partial charge is 0.257 e. The van der Waals surface area contributed by atoms with Crippen LogP contribution in [-0.4, -0.2) is 38.1 Å². The third-order valence-corrected chi connectivity index (χ3v) is 6.70. The first-order chi connectivity index (χ1) is 19.9. The summed E-state index contributed by atoms with van der Waals surface area (Å²) in [5.74, 6) is 0.600. The van der Waals surface area contributed by atoms with E-state index in [9.17, 15) is 9.59 Å². The van der Waals surface area contributed by atoms with Gasteiger partial charge in [-0.05, 0) is 60.7 Å². The number of carbonyl (C=O) groups is 2. The number of nitrogens with one attached hydrogen (secondary N) is 2. The maximum atomic E-state index is 13.8. The number of aromatic nitrogens is 1. The molecule has 1 heterocycles. The third-order valence-electron chi connectivity index (χ3n) is 6.44. The molecule has 0 radical (unpaired) electrons. The summed E-state index contributed by atoms with van der Waals surface area (Å²) in [4.78, 5) is 31.7. The fourth-order valence-corrected chi connectivity index (χ4v) is 4.58. The van der Waals surface area contributed by atoms with Crippen LogP contribution in [0.1, 0.15) is 20.7 Å². The van der Waals surface area contributed by atoms with E-state index in [2.05, 4.69) is 10.6 Å². The number of fused-ring (bicyclic) bond motifs is 1. The number of halogens is 1. The summed E-state index contributed by atoms with van der Waals surface area (Å²) in [5.41, 5.74) is 3.45. The second-order valence-corrected chi connectivity index (χ2v) is 9.38. The Morgan fingerprint density at radius 3 is 2.02 bits per heavy atom. The minimum atomic E-state index is -0.399. The Kier molecular flexibility index (Phi) is 8.03. The summed E-state index contributed by atoms with van der Waals surface area (Å²) in [5, 5.41) is 6.97. The van der Waals surface area contributed by atoms with Crippen molar-refractivity contribution in [1.82, 2.24) is 4.98 Å². The number of ether oxygens (including phenoxy) is 3. The highest BCUT2D eigenvalue weighted by atomic mass is 35.5. The van der Waals surface area contributed by atoms with Gasteiger partial charge in [0.15, 0.2) is 11.5 Å². The van der Waals surface area contributed by atoms with Crippen LogP contribution in [-0.2, 0) is 0 Å². The Morgan fingerprint density at radius 1 is 0.707 bits per heavy atom. The lowest BCUT2D eigenvalue weighted by Gasteiger charge is -2.16. The number of amides is 2. The van der Waals surface area contributed by atoms with Crippen molar-refractivity contribution in [3.05, 3.63) is 107 Å². The Balaban J connectivity index is 1.53. The van der Waals surface area contributed by atoms with E-state index >= 15 is 0 Å². The van der Waals surface area contributed by atoms with Crippen molar-refractivity contribution in [1.29, 1.82) is 0 Å².